The molecule has 0 radical (unpaired) electrons. The second kappa shape index (κ2) is 8.02. The number of hydrogen-bond acceptors (Lipinski definition) is 5. The lowest BCUT2D eigenvalue weighted by Crippen LogP contribution is -2.11. The van der Waals surface area contributed by atoms with E-state index in [2.05, 4.69) is 20.8 Å². The number of nitrogens with one attached hydrogen (secondary N) is 1. The van der Waals surface area contributed by atoms with E-state index in [0.29, 0.717) is 37.3 Å². The van der Waals surface area contributed by atoms with Gasteiger partial charge in [0.15, 0.2) is 5.82 Å². The second-order valence-corrected chi connectivity index (χ2v) is 5.05. The van der Waals surface area contributed by atoms with Crippen LogP contribution in [0, 0.1) is 0 Å². The number of anilines is 1. The van der Waals surface area contributed by atoms with Crippen LogP contribution in [0.15, 0.2) is 24.3 Å². The molecular weight excluding hydrogens is 298 g/mol. The van der Waals surface area contributed by atoms with Crippen molar-refractivity contribution in [2.45, 2.75) is 39.2 Å². The number of aryl methyl sites for hydroxylation is 1. The summed E-state index contributed by atoms with van der Waals surface area (Å²) < 4.78 is 1.67. The highest BCUT2D eigenvalue weighted by molar-refractivity contribution is 5.91. The third-order valence-corrected chi connectivity index (χ3v) is 3.28. The van der Waals surface area contributed by atoms with E-state index in [0.717, 1.165) is 5.56 Å². The first-order valence-electron chi connectivity index (χ1n) is 7.48. The number of carbonyl (C=O) groups excluding carboxylic acids is 1. The van der Waals surface area contributed by atoms with Gasteiger partial charge >= 0.3 is 5.97 Å². The van der Waals surface area contributed by atoms with Crippen LogP contribution in [0.25, 0.3) is 11.4 Å². The normalized spacial score (nSPS) is 10.5. The van der Waals surface area contributed by atoms with Crippen molar-refractivity contribution >= 4 is 17.6 Å². The highest BCUT2D eigenvalue weighted by Crippen LogP contribution is 2.20. The van der Waals surface area contributed by atoms with Gasteiger partial charge in [-0.3, -0.25) is 9.59 Å². The van der Waals surface area contributed by atoms with Crippen molar-refractivity contribution in [3.8, 4) is 11.4 Å². The molecule has 2 N–H and O–H groups in total. The van der Waals surface area contributed by atoms with Crippen LogP contribution >= 0.6 is 0 Å². The quantitative estimate of drug-likeness (QED) is 0.720. The van der Waals surface area contributed by atoms with Crippen LogP contribution in [0.5, 0.6) is 0 Å². The lowest BCUT2D eigenvalue weighted by molar-refractivity contribution is -0.137. The summed E-state index contributed by atoms with van der Waals surface area (Å²) in [5, 5.41) is 22.9. The summed E-state index contributed by atoms with van der Waals surface area (Å²) in [6, 6.07) is 7.30. The van der Waals surface area contributed by atoms with E-state index in [1.807, 2.05) is 25.1 Å². The number of benzene rings is 1. The minimum Gasteiger partial charge on any atom is -0.481 e. The number of aliphatic carboxylic acids is 1. The maximum Gasteiger partial charge on any atom is 0.303 e. The first-order valence-corrected chi connectivity index (χ1v) is 7.48. The van der Waals surface area contributed by atoms with Gasteiger partial charge in [-0.1, -0.05) is 12.1 Å². The first-order chi connectivity index (χ1) is 11.1. The molecule has 122 valence electrons. The Morgan fingerprint density at radius 1 is 1.26 bits per heavy atom. The van der Waals surface area contributed by atoms with Gasteiger partial charge < -0.3 is 10.4 Å². The van der Waals surface area contributed by atoms with Crippen molar-refractivity contribution in [1.29, 1.82) is 0 Å². The highest BCUT2D eigenvalue weighted by atomic mass is 16.4. The van der Waals surface area contributed by atoms with Gasteiger partial charge in [-0.2, -0.15) is 0 Å². The van der Waals surface area contributed by atoms with E-state index in [1.54, 1.807) is 10.7 Å². The third-order valence-electron chi connectivity index (χ3n) is 3.28. The molecule has 0 saturated heterocycles. The average Bonchev–Trinajstić information content (AvgIpc) is 3.00. The molecule has 0 saturated carbocycles. The number of unbranched alkanes of at least 4 members (excludes halogenated alkanes) is 1. The lowest BCUT2D eigenvalue weighted by Gasteiger charge is -2.07. The number of carboxylic acid groups (broad SMARTS) is 1. The predicted octanol–water partition coefficient (Wildman–Crippen LogP) is 1.94. The molecule has 0 fully saturated rings. The van der Waals surface area contributed by atoms with Crippen LogP contribution in [0.4, 0.5) is 5.69 Å². The number of carbonyl (C=O) groups is 2. The Bertz CT molecular complexity index is 683. The zero-order valence-electron chi connectivity index (χ0n) is 12.9. The van der Waals surface area contributed by atoms with Crippen molar-refractivity contribution in [3.63, 3.8) is 0 Å². The molecule has 1 heterocycles. The molecule has 0 unspecified atom stereocenters. The maximum atomic E-state index is 11.9. The molecule has 2 rings (SSSR count). The smallest absolute Gasteiger partial charge is 0.303 e. The van der Waals surface area contributed by atoms with Gasteiger partial charge in [0.05, 0.1) is 0 Å². The summed E-state index contributed by atoms with van der Waals surface area (Å²) in [5.41, 5.74) is 1.48. The van der Waals surface area contributed by atoms with Crippen LogP contribution in [-0.4, -0.2) is 37.2 Å². The fourth-order valence-corrected chi connectivity index (χ4v) is 2.15. The van der Waals surface area contributed by atoms with E-state index in [1.165, 1.54) is 0 Å². The van der Waals surface area contributed by atoms with Crippen molar-refractivity contribution in [2.24, 2.45) is 0 Å². The number of carboxylic acids is 1. The third kappa shape index (κ3) is 4.87. The number of tetrazole rings is 1. The van der Waals surface area contributed by atoms with E-state index in [-0.39, 0.29) is 12.3 Å². The molecule has 8 nitrogen and oxygen atoms in total. The number of aromatic nitrogens is 4. The van der Waals surface area contributed by atoms with Gasteiger partial charge in [0, 0.05) is 30.6 Å². The summed E-state index contributed by atoms with van der Waals surface area (Å²) in [7, 11) is 0. The molecule has 0 bridgehead atoms. The summed E-state index contributed by atoms with van der Waals surface area (Å²) in [4.78, 5) is 22.3. The molecule has 0 aliphatic carbocycles. The number of nitrogens with zero attached hydrogens (tertiary/aromatic N) is 4. The molecule has 0 atom stereocenters. The minimum atomic E-state index is -0.841. The molecule has 1 amide bonds. The maximum absolute atomic E-state index is 11.9. The fraction of sp³-hybridized carbons (Fsp3) is 0.400. The van der Waals surface area contributed by atoms with E-state index in [4.69, 9.17) is 5.11 Å². The van der Waals surface area contributed by atoms with E-state index >= 15 is 0 Å². The Labute approximate surface area is 133 Å². The van der Waals surface area contributed by atoms with Crippen LogP contribution < -0.4 is 5.32 Å². The zero-order valence-corrected chi connectivity index (χ0v) is 12.9. The molecule has 1 aromatic carbocycles. The van der Waals surface area contributed by atoms with Crippen molar-refractivity contribution in [1.82, 2.24) is 20.2 Å². The van der Waals surface area contributed by atoms with Crippen LogP contribution in [0.1, 0.15) is 32.6 Å². The van der Waals surface area contributed by atoms with Crippen LogP contribution in [0.2, 0.25) is 0 Å². The van der Waals surface area contributed by atoms with Crippen molar-refractivity contribution < 1.29 is 14.7 Å². The van der Waals surface area contributed by atoms with Gasteiger partial charge in [-0.25, -0.2) is 4.68 Å². The lowest BCUT2D eigenvalue weighted by atomic mass is 10.1. The summed E-state index contributed by atoms with van der Waals surface area (Å²) in [6.45, 7) is 2.60. The number of hydrogen-bond donors (Lipinski definition) is 2. The minimum absolute atomic E-state index is 0.0858. The molecule has 0 spiro atoms. The largest absolute Gasteiger partial charge is 0.481 e. The highest BCUT2D eigenvalue weighted by Gasteiger charge is 2.09. The van der Waals surface area contributed by atoms with Gasteiger partial charge in [0.1, 0.15) is 0 Å². The Morgan fingerprint density at radius 2 is 2.04 bits per heavy atom. The summed E-state index contributed by atoms with van der Waals surface area (Å²) in [6.07, 6.45) is 1.42. The average molecular weight is 317 g/mol. The van der Waals surface area contributed by atoms with Gasteiger partial charge in [-0.15, -0.1) is 5.10 Å². The molecule has 23 heavy (non-hydrogen) atoms. The van der Waals surface area contributed by atoms with E-state index in [9.17, 15) is 9.59 Å². The second-order valence-electron chi connectivity index (χ2n) is 5.05. The van der Waals surface area contributed by atoms with E-state index < -0.39 is 5.97 Å². The summed E-state index contributed by atoms with van der Waals surface area (Å²) >= 11 is 0. The standard InChI is InChI=1S/C15H19N5O3/c1-2-20-15(17-18-19-20)11-6-5-7-12(10-11)16-13(21)8-3-4-9-14(22)23/h5-7,10H,2-4,8-9H2,1H3,(H,16,21)(H,22,23). The Morgan fingerprint density at radius 3 is 2.78 bits per heavy atom. The van der Waals surface area contributed by atoms with Crippen molar-refractivity contribution in [3.05, 3.63) is 24.3 Å². The van der Waals surface area contributed by atoms with Gasteiger partial charge in [0.25, 0.3) is 0 Å². The summed E-state index contributed by atoms with van der Waals surface area (Å²) in [5.74, 6) is -0.334. The molecular formula is C15H19N5O3. The Balaban J connectivity index is 1.95. The van der Waals surface area contributed by atoms with Gasteiger partial charge in [0.2, 0.25) is 5.91 Å². The monoisotopic (exact) mass is 317 g/mol. The molecule has 1 aromatic heterocycles. The van der Waals surface area contributed by atoms with Gasteiger partial charge in [-0.05, 0) is 42.3 Å². The van der Waals surface area contributed by atoms with Crippen molar-refractivity contribution in [2.75, 3.05) is 5.32 Å². The Hall–Kier alpha value is -2.77. The molecule has 2 aromatic rings. The SMILES string of the molecule is CCn1nnnc1-c1cccc(NC(=O)CCCCC(=O)O)c1. The van der Waals surface area contributed by atoms with Crippen LogP contribution in [0.3, 0.4) is 0 Å². The fourth-order valence-electron chi connectivity index (χ4n) is 2.15. The zero-order chi connectivity index (χ0) is 16.7. The number of rotatable bonds is 8. The van der Waals surface area contributed by atoms with Crippen LogP contribution in [-0.2, 0) is 16.1 Å². The number of amides is 1. The predicted molar refractivity (Wildman–Crippen MR) is 83.7 cm³/mol. The molecule has 8 heteroatoms. The first kappa shape index (κ1) is 16.6. The Kier molecular flexibility index (Phi) is 5.79. The topological polar surface area (TPSA) is 110 Å². The molecule has 0 aliphatic rings. The molecule has 0 aliphatic heterocycles.